The normalized spacial score (nSPS) is 12.0. The van der Waals surface area contributed by atoms with E-state index < -0.39 is 12.5 Å². The third kappa shape index (κ3) is 18.2. The van der Waals surface area contributed by atoms with Crippen LogP contribution in [0.4, 0.5) is 0 Å². The molecule has 0 fully saturated rings. The molecule has 0 aliphatic carbocycles. The van der Waals surface area contributed by atoms with Crippen LogP contribution in [0.2, 0.25) is 0 Å². The van der Waals surface area contributed by atoms with Gasteiger partial charge in [0, 0.05) is 6.54 Å². The minimum atomic E-state index is -2.12. The molecule has 0 bridgehead atoms. The second-order valence-electron chi connectivity index (χ2n) is 7.20. The fourth-order valence-corrected chi connectivity index (χ4v) is 3.02. The molecular formula is C20H43NO3. The van der Waals surface area contributed by atoms with Crippen molar-refractivity contribution in [3.63, 3.8) is 0 Å². The highest BCUT2D eigenvalue weighted by Gasteiger charge is 2.19. The highest BCUT2D eigenvalue weighted by Crippen LogP contribution is 2.13. The molecule has 0 rings (SSSR count). The van der Waals surface area contributed by atoms with Crippen molar-refractivity contribution in [1.29, 1.82) is 0 Å². The zero-order valence-corrected chi connectivity index (χ0v) is 16.1. The smallest absolute Gasteiger partial charge is 0.246 e. The molecule has 0 aromatic carbocycles. The Balaban J connectivity index is 3.05. The maximum absolute atomic E-state index is 9.14. The summed E-state index contributed by atoms with van der Waals surface area (Å²) in [6, 6.07) is 0. The van der Waals surface area contributed by atoms with Crippen molar-refractivity contribution in [2.24, 2.45) is 0 Å². The van der Waals surface area contributed by atoms with E-state index in [1.54, 1.807) is 0 Å². The predicted octanol–water partition coefficient (Wildman–Crippen LogP) is 4.47. The van der Waals surface area contributed by atoms with Gasteiger partial charge in [0.2, 0.25) is 5.91 Å². The van der Waals surface area contributed by atoms with Crippen LogP contribution in [0.1, 0.15) is 110 Å². The van der Waals surface area contributed by atoms with Crippen molar-refractivity contribution >= 4 is 0 Å². The Morgan fingerprint density at radius 1 is 0.583 bits per heavy atom. The number of unbranched alkanes of at least 4 members (excludes halogenated alkanes) is 15. The van der Waals surface area contributed by atoms with E-state index in [1.807, 2.05) is 0 Å². The molecular weight excluding hydrogens is 302 g/mol. The fourth-order valence-electron chi connectivity index (χ4n) is 3.02. The molecule has 24 heavy (non-hydrogen) atoms. The Kier molecular flexibility index (Phi) is 17.5. The van der Waals surface area contributed by atoms with Crippen LogP contribution >= 0.6 is 0 Å². The zero-order chi connectivity index (χ0) is 17.9. The van der Waals surface area contributed by atoms with Crippen LogP contribution in [-0.4, -0.2) is 34.4 Å². The first-order valence-corrected chi connectivity index (χ1v) is 10.4. The Morgan fingerprint density at radius 3 is 1.25 bits per heavy atom. The number of aliphatic hydroxyl groups excluding tert-OH is 1. The van der Waals surface area contributed by atoms with E-state index in [0.717, 1.165) is 12.8 Å². The SMILES string of the molecule is CCCCCCCCCCCCCCCCCCNC(O)(O)CO. The van der Waals surface area contributed by atoms with Crippen molar-refractivity contribution in [3.8, 4) is 0 Å². The molecule has 0 spiro atoms. The summed E-state index contributed by atoms with van der Waals surface area (Å²) in [4.78, 5) is 0. The van der Waals surface area contributed by atoms with E-state index in [-0.39, 0.29) is 0 Å². The van der Waals surface area contributed by atoms with Gasteiger partial charge in [-0.1, -0.05) is 103 Å². The first-order chi connectivity index (χ1) is 11.6. The van der Waals surface area contributed by atoms with Crippen molar-refractivity contribution in [2.45, 2.75) is 116 Å². The molecule has 0 aromatic heterocycles. The van der Waals surface area contributed by atoms with E-state index in [1.165, 1.54) is 89.9 Å². The lowest BCUT2D eigenvalue weighted by molar-refractivity contribution is -0.208. The molecule has 0 atom stereocenters. The average Bonchev–Trinajstić information content (AvgIpc) is 2.57. The number of nitrogens with one attached hydrogen (secondary N) is 1. The molecule has 4 N–H and O–H groups in total. The minimum absolute atomic E-state index is 0.534. The average molecular weight is 346 g/mol. The van der Waals surface area contributed by atoms with Gasteiger partial charge in [0.05, 0.1) is 0 Å². The molecule has 0 radical (unpaired) electrons. The number of hydrogen-bond acceptors (Lipinski definition) is 4. The summed E-state index contributed by atoms with van der Waals surface area (Å²) in [7, 11) is 0. The van der Waals surface area contributed by atoms with E-state index in [9.17, 15) is 0 Å². The Bertz CT molecular complexity index is 247. The molecule has 0 amide bonds. The van der Waals surface area contributed by atoms with Crippen LogP contribution in [0.25, 0.3) is 0 Å². The third-order valence-electron chi connectivity index (χ3n) is 4.66. The predicted molar refractivity (Wildman–Crippen MR) is 102 cm³/mol. The summed E-state index contributed by atoms with van der Waals surface area (Å²) in [6.07, 6.45) is 21.3. The van der Waals surface area contributed by atoms with Gasteiger partial charge in [0.15, 0.2) is 0 Å². The van der Waals surface area contributed by atoms with Gasteiger partial charge in [0.1, 0.15) is 6.61 Å². The van der Waals surface area contributed by atoms with Crippen molar-refractivity contribution in [1.82, 2.24) is 5.32 Å². The molecule has 4 heteroatoms. The lowest BCUT2D eigenvalue weighted by Gasteiger charge is -2.19. The van der Waals surface area contributed by atoms with Crippen LogP contribution in [0.5, 0.6) is 0 Å². The van der Waals surface area contributed by atoms with E-state index in [0.29, 0.717) is 6.54 Å². The van der Waals surface area contributed by atoms with Crippen LogP contribution in [-0.2, 0) is 0 Å². The van der Waals surface area contributed by atoms with Gasteiger partial charge in [-0.15, -0.1) is 0 Å². The van der Waals surface area contributed by atoms with Crippen molar-refractivity contribution in [3.05, 3.63) is 0 Å². The number of hydrogen-bond donors (Lipinski definition) is 4. The summed E-state index contributed by atoms with van der Waals surface area (Å²) < 4.78 is 0. The molecule has 0 aliphatic heterocycles. The van der Waals surface area contributed by atoms with Gasteiger partial charge in [-0.3, -0.25) is 5.32 Å². The van der Waals surface area contributed by atoms with E-state index in [2.05, 4.69) is 12.2 Å². The second-order valence-corrected chi connectivity index (χ2v) is 7.20. The summed E-state index contributed by atoms with van der Waals surface area (Å²) in [5.41, 5.74) is 0. The molecule has 4 nitrogen and oxygen atoms in total. The summed E-state index contributed by atoms with van der Waals surface area (Å²) in [5, 5.41) is 29.5. The van der Waals surface area contributed by atoms with Crippen LogP contribution < -0.4 is 5.32 Å². The number of rotatable bonds is 19. The van der Waals surface area contributed by atoms with Gasteiger partial charge in [-0.25, -0.2) is 0 Å². The summed E-state index contributed by atoms with van der Waals surface area (Å²) >= 11 is 0. The Hall–Kier alpha value is -0.160. The molecule has 0 heterocycles. The standard InChI is InChI=1S/C20H43NO3/c1-2-3-4-5-6-7-8-9-10-11-12-13-14-15-16-17-18-21-20(23,24)19-22/h21-24H,2-19H2,1H3. The van der Waals surface area contributed by atoms with Gasteiger partial charge in [-0.2, -0.15) is 0 Å². The molecule has 0 aromatic rings. The highest BCUT2D eigenvalue weighted by atomic mass is 16.5. The lowest BCUT2D eigenvalue weighted by Crippen LogP contribution is -2.48. The third-order valence-corrected chi connectivity index (χ3v) is 4.66. The minimum Gasteiger partial charge on any atom is -0.389 e. The van der Waals surface area contributed by atoms with E-state index >= 15 is 0 Å². The van der Waals surface area contributed by atoms with Crippen LogP contribution in [0.3, 0.4) is 0 Å². The topological polar surface area (TPSA) is 72.7 Å². The van der Waals surface area contributed by atoms with Crippen LogP contribution in [0.15, 0.2) is 0 Å². The maximum Gasteiger partial charge on any atom is 0.246 e. The molecule has 0 unspecified atom stereocenters. The van der Waals surface area contributed by atoms with Gasteiger partial charge >= 0.3 is 0 Å². The lowest BCUT2D eigenvalue weighted by atomic mass is 10.0. The molecule has 146 valence electrons. The number of aliphatic hydroxyl groups is 3. The largest absolute Gasteiger partial charge is 0.389 e. The Morgan fingerprint density at radius 2 is 0.917 bits per heavy atom. The zero-order valence-electron chi connectivity index (χ0n) is 16.1. The second kappa shape index (κ2) is 17.7. The Labute approximate surface area is 150 Å². The first-order valence-electron chi connectivity index (χ1n) is 10.4. The molecule has 0 saturated heterocycles. The van der Waals surface area contributed by atoms with Crippen molar-refractivity contribution in [2.75, 3.05) is 13.2 Å². The highest BCUT2D eigenvalue weighted by molar-refractivity contribution is 4.59. The molecule has 0 saturated carbocycles. The van der Waals surface area contributed by atoms with Gasteiger partial charge in [-0.05, 0) is 6.42 Å². The van der Waals surface area contributed by atoms with E-state index in [4.69, 9.17) is 15.3 Å². The van der Waals surface area contributed by atoms with Crippen molar-refractivity contribution < 1.29 is 15.3 Å². The van der Waals surface area contributed by atoms with Crippen LogP contribution in [0, 0.1) is 0 Å². The van der Waals surface area contributed by atoms with Gasteiger partial charge in [0.25, 0.3) is 0 Å². The maximum atomic E-state index is 9.14. The summed E-state index contributed by atoms with van der Waals surface area (Å²) in [6.45, 7) is 2.13. The monoisotopic (exact) mass is 345 g/mol. The summed E-state index contributed by atoms with van der Waals surface area (Å²) in [5.74, 6) is -2.12. The van der Waals surface area contributed by atoms with Gasteiger partial charge < -0.3 is 15.3 Å². The quantitative estimate of drug-likeness (QED) is 0.206. The molecule has 0 aliphatic rings. The fraction of sp³-hybridized carbons (Fsp3) is 1.00. The first kappa shape index (κ1) is 23.8.